The molecule has 3 rings (SSSR count). The van der Waals surface area contributed by atoms with Crippen LogP contribution in [-0.4, -0.2) is 15.8 Å². The molecule has 0 spiro atoms. The Balaban J connectivity index is 2.00. The average molecular weight is 264 g/mol. The number of nitrogens with one attached hydrogen (secondary N) is 1. The van der Waals surface area contributed by atoms with Crippen LogP contribution in [0.4, 0.5) is 0 Å². The molecule has 0 fully saturated rings. The van der Waals surface area contributed by atoms with Crippen molar-refractivity contribution in [1.82, 2.24) is 9.97 Å². The van der Waals surface area contributed by atoms with Gasteiger partial charge >= 0.3 is 0 Å². The zero-order valence-electron chi connectivity index (χ0n) is 11.6. The maximum atomic E-state index is 12.6. The fourth-order valence-electron chi connectivity index (χ4n) is 2.33. The first-order chi connectivity index (χ1) is 9.66. The number of carbonyl (C=O) groups excluding carboxylic acids is 1. The summed E-state index contributed by atoms with van der Waals surface area (Å²) in [5.74, 6) is 0.496. The molecule has 0 bridgehead atoms. The molecule has 1 N–H and O–H groups in total. The molecule has 0 unspecified atom stereocenters. The Labute approximate surface area is 117 Å². The van der Waals surface area contributed by atoms with E-state index in [9.17, 15) is 4.79 Å². The summed E-state index contributed by atoms with van der Waals surface area (Å²) in [6.07, 6.45) is 5.19. The molecule has 1 aromatic carbocycles. The van der Waals surface area contributed by atoms with Gasteiger partial charge in [-0.05, 0) is 17.5 Å². The highest BCUT2D eigenvalue weighted by Crippen LogP contribution is 2.21. The van der Waals surface area contributed by atoms with Crippen molar-refractivity contribution in [2.24, 2.45) is 0 Å². The minimum absolute atomic E-state index is 0.0274. The van der Waals surface area contributed by atoms with Crippen molar-refractivity contribution in [1.29, 1.82) is 0 Å². The van der Waals surface area contributed by atoms with Gasteiger partial charge in [0.15, 0.2) is 5.78 Å². The molecule has 0 aliphatic rings. The lowest BCUT2D eigenvalue weighted by atomic mass is 9.98. The summed E-state index contributed by atoms with van der Waals surface area (Å²) in [5, 5.41) is 0.866. The van der Waals surface area contributed by atoms with Crippen molar-refractivity contribution >= 4 is 16.7 Å². The van der Waals surface area contributed by atoms with Crippen LogP contribution >= 0.6 is 0 Å². The molecular weight excluding hydrogens is 248 g/mol. The molecule has 0 atom stereocenters. The number of aromatic nitrogens is 2. The lowest BCUT2D eigenvalue weighted by molar-refractivity contribution is 0.104. The van der Waals surface area contributed by atoms with E-state index in [2.05, 4.69) is 23.8 Å². The molecule has 100 valence electrons. The van der Waals surface area contributed by atoms with E-state index < -0.39 is 0 Å². The Morgan fingerprint density at radius 1 is 1.15 bits per heavy atom. The number of nitrogens with zero attached hydrogens (tertiary/aromatic N) is 1. The molecule has 3 aromatic rings. The van der Waals surface area contributed by atoms with Crippen LogP contribution in [0.15, 0.2) is 48.9 Å². The van der Waals surface area contributed by atoms with Crippen molar-refractivity contribution in [3.05, 3.63) is 65.6 Å². The topological polar surface area (TPSA) is 45.8 Å². The Morgan fingerprint density at radius 2 is 1.90 bits per heavy atom. The van der Waals surface area contributed by atoms with Gasteiger partial charge in [0.25, 0.3) is 0 Å². The second kappa shape index (κ2) is 4.93. The van der Waals surface area contributed by atoms with E-state index in [0.717, 1.165) is 10.9 Å². The third-order valence-corrected chi connectivity index (χ3v) is 3.57. The fraction of sp³-hybridized carbons (Fsp3) is 0.176. The number of carbonyl (C=O) groups is 1. The van der Waals surface area contributed by atoms with Gasteiger partial charge in [0, 0.05) is 40.6 Å². The third-order valence-electron chi connectivity index (χ3n) is 3.57. The number of hydrogen-bond acceptors (Lipinski definition) is 2. The van der Waals surface area contributed by atoms with Gasteiger partial charge in [-0.2, -0.15) is 0 Å². The van der Waals surface area contributed by atoms with Gasteiger partial charge in [-0.15, -0.1) is 0 Å². The molecule has 0 saturated heterocycles. The fourth-order valence-corrected chi connectivity index (χ4v) is 2.33. The number of fused-ring (bicyclic) bond motifs is 1. The van der Waals surface area contributed by atoms with Crippen LogP contribution in [0.2, 0.25) is 0 Å². The van der Waals surface area contributed by atoms with Crippen molar-refractivity contribution in [2.45, 2.75) is 19.8 Å². The maximum absolute atomic E-state index is 12.6. The van der Waals surface area contributed by atoms with Gasteiger partial charge in [0.1, 0.15) is 0 Å². The molecular formula is C17H16N2O. The van der Waals surface area contributed by atoms with E-state index in [-0.39, 0.29) is 5.78 Å². The van der Waals surface area contributed by atoms with Gasteiger partial charge in [-0.3, -0.25) is 9.78 Å². The second-order valence-corrected chi connectivity index (χ2v) is 5.23. The summed E-state index contributed by atoms with van der Waals surface area (Å²) in [6, 6.07) is 9.70. The monoisotopic (exact) mass is 264 g/mol. The van der Waals surface area contributed by atoms with Crippen molar-refractivity contribution in [2.75, 3.05) is 0 Å². The quantitative estimate of drug-likeness (QED) is 0.729. The smallest absolute Gasteiger partial charge is 0.195 e. The van der Waals surface area contributed by atoms with Crippen LogP contribution in [0.25, 0.3) is 10.9 Å². The predicted molar refractivity (Wildman–Crippen MR) is 80.1 cm³/mol. The minimum atomic E-state index is 0.0274. The summed E-state index contributed by atoms with van der Waals surface area (Å²) >= 11 is 0. The first-order valence-corrected chi connectivity index (χ1v) is 6.72. The van der Waals surface area contributed by atoms with E-state index in [1.54, 1.807) is 18.6 Å². The standard InChI is InChI=1S/C17H16N2O/c1-11(2)12-3-5-13(6-4-12)17(20)15-10-19-16-7-8-18-9-14(15)16/h3-11,19H,1-2H3. The second-order valence-electron chi connectivity index (χ2n) is 5.23. The number of aromatic amines is 1. The largest absolute Gasteiger partial charge is 0.360 e. The number of hydrogen-bond donors (Lipinski definition) is 1. The molecule has 3 nitrogen and oxygen atoms in total. The van der Waals surface area contributed by atoms with Crippen LogP contribution in [0.1, 0.15) is 41.3 Å². The summed E-state index contributed by atoms with van der Waals surface area (Å²) in [7, 11) is 0. The lowest BCUT2D eigenvalue weighted by Gasteiger charge is -2.06. The number of rotatable bonds is 3. The van der Waals surface area contributed by atoms with Gasteiger partial charge in [-0.1, -0.05) is 38.1 Å². The van der Waals surface area contributed by atoms with E-state index >= 15 is 0 Å². The normalized spacial score (nSPS) is 11.2. The van der Waals surface area contributed by atoms with E-state index in [0.29, 0.717) is 17.0 Å². The Bertz CT molecular complexity index is 754. The van der Waals surface area contributed by atoms with Crippen LogP contribution in [0, 0.1) is 0 Å². The van der Waals surface area contributed by atoms with Crippen molar-refractivity contribution < 1.29 is 4.79 Å². The van der Waals surface area contributed by atoms with Crippen molar-refractivity contribution in [3.63, 3.8) is 0 Å². The molecule has 2 heterocycles. The van der Waals surface area contributed by atoms with Gasteiger partial charge in [-0.25, -0.2) is 0 Å². The van der Waals surface area contributed by atoms with Crippen LogP contribution in [0.3, 0.4) is 0 Å². The predicted octanol–water partition coefficient (Wildman–Crippen LogP) is 3.92. The van der Waals surface area contributed by atoms with E-state index in [1.165, 1.54) is 5.56 Å². The molecule has 0 aliphatic heterocycles. The molecule has 0 saturated carbocycles. The molecule has 0 aliphatic carbocycles. The van der Waals surface area contributed by atoms with Gasteiger partial charge in [0.05, 0.1) is 0 Å². The molecule has 0 amide bonds. The van der Waals surface area contributed by atoms with E-state index in [4.69, 9.17) is 0 Å². The number of pyridine rings is 1. The molecule has 0 radical (unpaired) electrons. The van der Waals surface area contributed by atoms with Crippen molar-refractivity contribution in [3.8, 4) is 0 Å². The third kappa shape index (κ3) is 2.11. The minimum Gasteiger partial charge on any atom is -0.360 e. The summed E-state index contributed by atoms with van der Waals surface area (Å²) in [4.78, 5) is 19.7. The number of H-pyrrole nitrogens is 1. The first kappa shape index (κ1) is 12.6. The SMILES string of the molecule is CC(C)c1ccc(C(=O)c2c[nH]c3ccncc23)cc1. The Morgan fingerprint density at radius 3 is 2.60 bits per heavy atom. The average Bonchev–Trinajstić information content (AvgIpc) is 2.90. The summed E-state index contributed by atoms with van der Waals surface area (Å²) in [5.41, 5.74) is 3.55. The summed E-state index contributed by atoms with van der Waals surface area (Å²) in [6.45, 7) is 4.28. The molecule has 3 heteroatoms. The first-order valence-electron chi connectivity index (χ1n) is 6.72. The van der Waals surface area contributed by atoms with E-state index in [1.807, 2.05) is 30.3 Å². The lowest BCUT2D eigenvalue weighted by Crippen LogP contribution is -2.01. The highest BCUT2D eigenvalue weighted by molar-refractivity contribution is 6.16. The highest BCUT2D eigenvalue weighted by Gasteiger charge is 2.14. The van der Waals surface area contributed by atoms with Crippen LogP contribution in [0.5, 0.6) is 0 Å². The zero-order valence-corrected chi connectivity index (χ0v) is 11.6. The van der Waals surface area contributed by atoms with Crippen LogP contribution < -0.4 is 0 Å². The van der Waals surface area contributed by atoms with Gasteiger partial charge < -0.3 is 4.98 Å². The summed E-state index contributed by atoms with van der Waals surface area (Å²) < 4.78 is 0. The zero-order chi connectivity index (χ0) is 14.1. The number of benzene rings is 1. The van der Waals surface area contributed by atoms with Crippen LogP contribution in [-0.2, 0) is 0 Å². The van der Waals surface area contributed by atoms with Gasteiger partial charge in [0.2, 0.25) is 0 Å². The highest BCUT2D eigenvalue weighted by atomic mass is 16.1. The Kier molecular flexibility index (Phi) is 3.11. The molecule has 2 aromatic heterocycles. The maximum Gasteiger partial charge on any atom is 0.195 e. The molecule has 20 heavy (non-hydrogen) atoms. The number of ketones is 1. The Hall–Kier alpha value is -2.42.